The molecular weight excluding hydrogens is 452 g/mol. The summed E-state index contributed by atoms with van der Waals surface area (Å²) in [7, 11) is 0. The number of carbonyl (C=O) groups is 1. The normalized spacial score (nSPS) is 10.6. The van der Waals surface area contributed by atoms with E-state index >= 15 is 0 Å². The van der Waals surface area contributed by atoms with E-state index in [9.17, 15) is 14.9 Å². The number of carbonyl (C=O) groups excluding carboxylic acids is 1. The van der Waals surface area contributed by atoms with Crippen LogP contribution in [-0.2, 0) is 11.3 Å². The van der Waals surface area contributed by atoms with E-state index in [1.807, 2.05) is 60.0 Å². The number of nitrogens with zero attached hydrogens (tertiary/aromatic N) is 4. The fourth-order valence-corrected chi connectivity index (χ4v) is 4.05. The zero-order valence-corrected chi connectivity index (χ0v) is 19.2. The Morgan fingerprint density at radius 1 is 1.00 bits per heavy atom. The molecule has 0 fully saturated rings. The van der Waals surface area contributed by atoms with Crippen molar-refractivity contribution in [3.05, 3.63) is 100 Å². The molecular formula is C24H22N6O3S. The van der Waals surface area contributed by atoms with E-state index in [-0.39, 0.29) is 17.3 Å². The fourth-order valence-electron chi connectivity index (χ4n) is 3.27. The highest BCUT2D eigenvalue weighted by molar-refractivity contribution is 7.99. The van der Waals surface area contributed by atoms with E-state index in [0.29, 0.717) is 23.2 Å². The topological polar surface area (TPSA) is 115 Å². The van der Waals surface area contributed by atoms with Crippen molar-refractivity contribution in [2.45, 2.75) is 18.6 Å². The van der Waals surface area contributed by atoms with Crippen LogP contribution >= 0.6 is 11.8 Å². The lowest BCUT2D eigenvalue weighted by atomic mass is 10.2. The number of hydrogen-bond acceptors (Lipinski definition) is 7. The number of thioether (sulfide) groups is 1. The number of aromatic nitrogens is 3. The quantitative estimate of drug-likeness (QED) is 0.203. The van der Waals surface area contributed by atoms with E-state index in [1.165, 1.54) is 36.0 Å². The van der Waals surface area contributed by atoms with Crippen LogP contribution in [0.2, 0.25) is 0 Å². The van der Waals surface area contributed by atoms with Crippen molar-refractivity contribution in [1.82, 2.24) is 14.8 Å². The number of nitro benzene ring substituents is 1. The molecule has 172 valence electrons. The molecule has 0 spiro atoms. The summed E-state index contributed by atoms with van der Waals surface area (Å²) in [5.41, 5.74) is 3.50. The van der Waals surface area contributed by atoms with Gasteiger partial charge in [0.2, 0.25) is 5.91 Å². The van der Waals surface area contributed by atoms with Crippen LogP contribution in [0.15, 0.2) is 84.0 Å². The van der Waals surface area contributed by atoms with Crippen molar-refractivity contribution in [2.75, 3.05) is 16.4 Å². The van der Waals surface area contributed by atoms with Crippen molar-refractivity contribution in [3.8, 4) is 5.69 Å². The Morgan fingerprint density at radius 3 is 2.47 bits per heavy atom. The molecule has 1 aromatic heterocycles. The molecule has 0 radical (unpaired) electrons. The number of anilines is 2. The molecule has 1 amide bonds. The molecule has 0 saturated carbocycles. The predicted molar refractivity (Wildman–Crippen MR) is 132 cm³/mol. The lowest BCUT2D eigenvalue weighted by molar-refractivity contribution is -0.384. The van der Waals surface area contributed by atoms with Gasteiger partial charge in [-0.05, 0) is 48.9 Å². The Balaban J connectivity index is 1.46. The number of hydrogen-bond donors (Lipinski definition) is 2. The van der Waals surface area contributed by atoms with E-state index in [0.717, 1.165) is 16.9 Å². The van der Waals surface area contributed by atoms with Gasteiger partial charge in [0, 0.05) is 29.2 Å². The molecule has 4 aromatic rings. The van der Waals surface area contributed by atoms with Crippen LogP contribution in [-0.4, -0.2) is 31.3 Å². The first-order valence-corrected chi connectivity index (χ1v) is 11.5. The molecule has 0 aliphatic heterocycles. The molecule has 3 aromatic carbocycles. The summed E-state index contributed by atoms with van der Waals surface area (Å²) in [6.07, 6.45) is 0. The average Bonchev–Trinajstić information content (AvgIpc) is 3.25. The van der Waals surface area contributed by atoms with Crippen molar-refractivity contribution in [3.63, 3.8) is 0 Å². The molecule has 0 aliphatic rings. The van der Waals surface area contributed by atoms with Gasteiger partial charge in [0.05, 0.1) is 17.2 Å². The molecule has 0 bridgehead atoms. The van der Waals surface area contributed by atoms with Crippen molar-refractivity contribution in [2.24, 2.45) is 0 Å². The SMILES string of the molecule is Cc1cccc(NCc2nnc(SCC(=O)Nc3ccc([N+](=O)[O-])cc3)n2-c2ccccc2)c1. The minimum Gasteiger partial charge on any atom is -0.378 e. The third-order valence-electron chi connectivity index (χ3n) is 4.88. The first-order valence-electron chi connectivity index (χ1n) is 10.5. The largest absolute Gasteiger partial charge is 0.378 e. The Labute approximate surface area is 200 Å². The maximum atomic E-state index is 12.5. The van der Waals surface area contributed by atoms with E-state index in [1.54, 1.807) is 0 Å². The summed E-state index contributed by atoms with van der Waals surface area (Å²) in [4.78, 5) is 22.8. The van der Waals surface area contributed by atoms with Crippen LogP contribution in [0.1, 0.15) is 11.4 Å². The second kappa shape index (κ2) is 10.6. The van der Waals surface area contributed by atoms with Crippen molar-refractivity contribution < 1.29 is 9.72 Å². The molecule has 34 heavy (non-hydrogen) atoms. The minimum absolute atomic E-state index is 0.0323. The molecule has 9 nitrogen and oxygen atoms in total. The summed E-state index contributed by atoms with van der Waals surface area (Å²) in [6.45, 7) is 2.50. The summed E-state index contributed by atoms with van der Waals surface area (Å²) < 4.78 is 1.92. The van der Waals surface area contributed by atoms with Gasteiger partial charge in [0.15, 0.2) is 11.0 Å². The first kappa shape index (κ1) is 23.0. The van der Waals surface area contributed by atoms with E-state index in [2.05, 4.69) is 26.9 Å². The van der Waals surface area contributed by atoms with Crippen LogP contribution in [0.4, 0.5) is 17.1 Å². The average molecular weight is 475 g/mol. The number of non-ortho nitro benzene ring substituents is 1. The molecule has 1 heterocycles. The van der Waals surface area contributed by atoms with Gasteiger partial charge >= 0.3 is 0 Å². The third kappa shape index (κ3) is 5.78. The highest BCUT2D eigenvalue weighted by Crippen LogP contribution is 2.23. The van der Waals surface area contributed by atoms with Crippen molar-refractivity contribution in [1.29, 1.82) is 0 Å². The summed E-state index contributed by atoms with van der Waals surface area (Å²) in [6, 6.07) is 23.5. The van der Waals surface area contributed by atoms with Gasteiger partial charge in [0.25, 0.3) is 5.69 Å². The zero-order valence-electron chi connectivity index (χ0n) is 18.3. The number of para-hydroxylation sites is 1. The molecule has 2 N–H and O–H groups in total. The third-order valence-corrected chi connectivity index (χ3v) is 5.81. The maximum Gasteiger partial charge on any atom is 0.269 e. The van der Waals surface area contributed by atoms with Gasteiger partial charge in [-0.25, -0.2) is 0 Å². The van der Waals surface area contributed by atoms with Crippen molar-refractivity contribution >= 4 is 34.7 Å². The van der Waals surface area contributed by atoms with Crippen LogP contribution in [0, 0.1) is 17.0 Å². The number of nitro groups is 1. The van der Waals surface area contributed by atoms with Gasteiger partial charge in [-0.15, -0.1) is 10.2 Å². The number of aryl methyl sites for hydroxylation is 1. The van der Waals surface area contributed by atoms with Crippen LogP contribution in [0.25, 0.3) is 5.69 Å². The lowest BCUT2D eigenvalue weighted by Crippen LogP contribution is -2.15. The molecule has 0 aliphatic carbocycles. The number of benzene rings is 3. The van der Waals surface area contributed by atoms with E-state index < -0.39 is 4.92 Å². The minimum atomic E-state index is -0.483. The second-order valence-electron chi connectivity index (χ2n) is 7.43. The van der Waals surface area contributed by atoms with Crippen LogP contribution in [0.5, 0.6) is 0 Å². The standard InChI is InChI=1S/C24H22N6O3S/c1-17-6-5-7-19(14-17)25-15-22-27-28-24(29(22)20-8-3-2-4-9-20)34-16-23(31)26-18-10-12-21(13-11-18)30(32)33/h2-14,25H,15-16H2,1H3,(H,26,31). The smallest absolute Gasteiger partial charge is 0.269 e. The van der Waals surface area contributed by atoms with Crippen LogP contribution < -0.4 is 10.6 Å². The first-order chi connectivity index (χ1) is 16.5. The molecule has 0 saturated heterocycles. The van der Waals surface area contributed by atoms with Gasteiger partial charge in [-0.3, -0.25) is 19.5 Å². The molecule has 4 rings (SSSR count). The monoisotopic (exact) mass is 474 g/mol. The predicted octanol–water partition coefficient (Wildman–Crippen LogP) is 4.83. The summed E-state index contributed by atoms with van der Waals surface area (Å²) in [5, 5.41) is 26.2. The number of nitrogens with one attached hydrogen (secondary N) is 2. The highest BCUT2D eigenvalue weighted by atomic mass is 32.2. The van der Waals surface area contributed by atoms with Gasteiger partial charge in [-0.2, -0.15) is 0 Å². The number of rotatable bonds is 9. The molecule has 10 heteroatoms. The Kier molecular flexibility index (Phi) is 7.19. The summed E-state index contributed by atoms with van der Waals surface area (Å²) >= 11 is 1.26. The Morgan fingerprint density at radius 2 is 1.76 bits per heavy atom. The maximum absolute atomic E-state index is 12.5. The lowest BCUT2D eigenvalue weighted by Gasteiger charge is -2.12. The van der Waals surface area contributed by atoms with Gasteiger partial charge < -0.3 is 10.6 Å². The zero-order chi connectivity index (χ0) is 23.9. The molecule has 0 unspecified atom stereocenters. The highest BCUT2D eigenvalue weighted by Gasteiger charge is 2.16. The van der Waals surface area contributed by atoms with Crippen LogP contribution in [0.3, 0.4) is 0 Å². The second-order valence-corrected chi connectivity index (χ2v) is 8.38. The van der Waals surface area contributed by atoms with Gasteiger partial charge in [-0.1, -0.05) is 42.1 Å². The van der Waals surface area contributed by atoms with E-state index in [4.69, 9.17) is 0 Å². The molecule has 0 atom stereocenters. The Hall–Kier alpha value is -4.18. The number of amides is 1. The van der Waals surface area contributed by atoms with Gasteiger partial charge in [0.1, 0.15) is 0 Å². The fraction of sp³-hybridized carbons (Fsp3) is 0.125. The Bertz CT molecular complexity index is 1290. The summed E-state index contributed by atoms with van der Waals surface area (Å²) in [5.74, 6) is 0.569.